The molecule has 0 atom stereocenters. The van der Waals surface area contributed by atoms with Crippen molar-refractivity contribution in [1.82, 2.24) is 0 Å². The van der Waals surface area contributed by atoms with Gasteiger partial charge in [-0.25, -0.2) is 0 Å². The first kappa shape index (κ1) is 14.9. The van der Waals surface area contributed by atoms with E-state index >= 15 is 0 Å². The molecule has 0 saturated heterocycles. The number of hydrogen-bond acceptors (Lipinski definition) is 3. The van der Waals surface area contributed by atoms with Crippen LogP contribution >= 0.6 is 31.9 Å². The van der Waals surface area contributed by atoms with Crippen molar-refractivity contribution >= 4 is 37.7 Å². The van der Waals surface area contributed by atoms with E-state index in [1.165, 1.54) is 0 Å². The number of rotatable bonds is 4. The minimum absolute atomic E-state index is 0.00976. The van der Waals surface area contributed by atoms with Crippen LogP contribution in [0.25, 0.3) is 0 Å². The molecule has 2 aromatic rings. The van der Waals surface area contributed by atoms with E-state index in [0.29, 0.717) is 17.9 Å². The molecular weight excluding hydrogens is 388 g/mol. The van der Waals surface area contributed by atoms with Gasteiger partial charge in [-0.15, -0.1) is 0 Å². The SMILES string of the molecule is N/C(=N/O)c1cc(Br)ccc1OCc1cccc(Br)c1. The molecule has 0 unspecified atom stereocenters. The lowest BCUT2D eigenvalue weighted by Crippen LogP contribution is -2.15. The largest absolute Gasteiger partial charge is 0.488 e. The van der Waals surface area contributed by atoms with Gasteiger partial charge >= 0.3 is 0 Å². The average molecular weight is 400 g/mol. The van der Waals surface area contributed by atoms with Crippen molar-refractivity contribution in [2.75, 3.05) is 0 Å². The van der Waals surface area contributed by atoms with E-state index in [2.05, 4.69) is 37.0 Å². The van der Waals surface area contributed by atoms with Crippen molar-refractivity contribution in [1.29, 1.82) is 0 Å². The van der Waals surface area contributed by atoms with Crippen LogP contribution in [0.1, 0.15) is 11.1 Å². The number of benzene rings is 2. The summed E-state index contributed by atoms with van der Waals surface area (Å²) in [5, 5.41) is 11.8. The fourth-order valence-corrected chi connectivity index (χ4v) is 2.48. The molecule has 0 aliphatic heterocycles. The van der Waals surface area contributed by atoms with E-state index in [1.54, 1.807) is 12.1 Å². The van der Waals surface area contributed by atoms with Crippen molar-refractivity contribution in [3.8, 4) is 5.75 Å². The van der Waals surface area contributed by atoms with Crippen molar-refractivity contribution in [3.63, 3.8) is 0 Å². The van der Waals surface area contributed by atoms with E-state index in [4.69, 9.17) is 15.7 Å². The minimum atomic E-state index is 0.00976. The molecule has 0 heterocycles. The molecule has 0 fully saturated rings. The number of hydrogen-bond donors (Lipinski definition) is 2. The molecule has 0 radical (unpaired) electrons. The third kappa shape index (κ3) is 3.74. The summed E-state index contributed by atoms with van der Waals surface area (Å²) in [4.78, 5) is 0. The maximum Gasteiger partial charge on any atom is 0.173 e. The number of amidine groups is 1. The molecule has 20 heavy (non-hydrogen) atoms. The van der Waals surface area contributed by atoms with Crippen molar-refractivity contribution in [2.24, 2.45) is 10.9 Å². The average Bonchev–Trinajstić information content (AvgIpc) is 2.45. The third-order valence-corrected chi connectivity index (χ3v) is 3.60. The van der Waals surface area contributed by atoms with Gasteiger partial charge in [-0.3, -0.25) is 0 Å². The van der Waals surface area contributed by atoms with Crippen LogP contribution in [0.15, 0.2) is 56.6 Å². The molecule has 0 aliphatic carbocycles. The van der Waals surface area contributed by atoms with Gasteiger partial charge in [0.25, 0.3) is 0 Å². The van der Waals surface area contributed by atoms with Crippen LogP contribution in [0.4, 0.5) is 0 Å². The van der Waals surface area contributed by atoms with Crippen LogP contribution in [-0.4, -0.2) is 11.0 Å². The molecule has 0 spiro atoms. The Kier molecular flexibility index (Phi) is 5.03. The molecule has 0 amide bonds. The quantitative estimate of drug-likeness (QED) is 0.354. The second-order valence-corrected chi connectivity index (χ2v) is 5.88. The minimum Gasteiger partial charge on any atom is -0.488 e. The Morgan fingerprint density at radius 3 is 2.60 bits per heavy atom. The van der Waals surface area contributed by atoms with Gasteiger partial charge in [0.15, 0.2) is 5.84 Å². The second kappa shape index (κ2) is 6.76. The molecule has 4 nitrogen and oxygen atoms in total. The zero-order chi connectivity index (χ0) is 14.5. The molecule has 0 aliphatic rings. The van der Waals surface area contributed by atoms with Crippen LogP contribution in [0.5, 0.6) is 5.75 Å². The van der Waals surface area contributed by atoms with E-state index in [-0.39, 0.29) is 5.84 Å². The Morgan fingerprint density at radius 2 is 1.90 bits per heavy atom. The zero-order valence-electron chi connectivity index (χ0n) is 10.4. The van der Waals surface area contributed by atoms with Crippen LogP contribution in [-0.2, 0) is 6.61 Å². The topological polar surface area (TPSA) is 67.8 Å². The van der Waals surface area contributed by atoms with E-state index < -0.39 is 0 Å². The number of oxime groups is 1. The summed E-state index contributed by atoms with van der Waals surface area (Å²) >= 11 is 6.76. The first-order chi connectivity index (χ1) is 9.60. The molecule has 2 aromatic carbocycles. The molecule has 0 saturated carbocycles. The molecule has 3 N–H and O–H groups in total. The first-order valence-electron chi connectivity index (χ1n) is 5.75. The number of ether oxygens (including phenoxy) is 1. The summed E-state index contributed by atoms with van der Waals surface area (Å²) in [5.74, 6) is 0.569. The lowest BCUT2D eigenvalue weighted by atomic mass is 10.2. The first-order valence-corrected chi connectivity index (χ1v) is 7.33. The van der Waals surface area contributed by atoms with E-state index in [9.17, 15) is 0 Å². The molecular formula is C14H12Br2N2O2. The molecule has 0 aromatic heterocycles. The van der Waals surface area contributed by atoms with Crippen molar-refractivity contribution in [3.05, 3.63) is 62.5 Å². The van der Waals surface area contributed by atoms with Gasteiger partial charge in [0.05, 0.1) is 5.56 Å². The van der Waals surface area contributed by atoms with Crippen LogP contribution in [0.2, 0.25) is 0 Å². The van der Waals surface area contributed by atoms with Crippen LogP contribution < -0.4 is 10.5 Å². The normalized spacial score (nSPS) is 11.4. The third-order valence-electron chi connectivity index (χ3n) is 2.61. The van der Waals surface area contributed by atoms with Gasteiger partial charge in [-0.05, 0) is 35.9 Å². The summed E-state index contributed by atoms with van der Waals surface area (Å²) in [6.45, 7) is 0.396. The zero-order valence-corrected chi connectivity index (χ0v) is 13.6. The highest BCUT2D eigenvalue weighted by atomic mass is 79.9. The Morgan fingerprint density at radius 1 is 1.15 bits per heavy atom. The molecule has 0 bridgehead atoms. The highest BCUT2D eigenvalue weighted by Gasteiger charge is 2.09. The molecule has 2 rings (SSSR count). The number of nitrogens with zero attached hydrogens (tertiary/aromatic N) is 1. The van der Waals surface area contributed by atoms with Gasteiger partial charge in [-0.2, -0.15) is 0 Å². The Labute approximate surface area is 133 Å². The van der Waals surface area contributed by atoms with Gasteiger partial charge in [0, 0.05) is 8.95 Å². The van der Waals surface area contributed by atoms with Crippen LogP contribution in [0, 0.1) is 0 Å². The lowest BCUT2D eigenvalue weighted by Gasteiger charge is -2.11. The summed E-state index contributed by atoms with van der Waals surface area (Å²) < 4.78 is 7.56. The van der Waals surface area contributed by atoms with E-state index in [1.807, 2.05) is 30.3 Å². The number of nitrogens with two attached hydrogens (primary N) is 1. The summed E-state index contributed by atoms with van der Waals surface area (Å²) in [6.07, 6.45) is 0. The fraction of sp³-hybridized carbons (Fsp3) is 0.0714. The van der Waals surface area contributed by atoms with Crippen molar-refractivity contribution < 1.29 is 9.94 Å². The maximum absolute atomic E-state index is 8.81. The highest BCUT2D eigenvalue weighted by Crippen LogP contribution is 2.24. The monoisotopic (exact) mass is 398 g/mol. The molecule has 104 valence electrons. The van der Waals surface area contributed by atoms with Gasteiger partial charge in [-0.1, -0.05) is 49.1 Å². The van der Waals surface area contributed by atoms with Crippen molar-refractivity contribution in [2.45, 2.75) is 6.61 Å². The lowest BCUT2D eigenvalue weighted by molar-refractivity contribution is 0.303. The Bertz CT molecular complexity index is 645. The number of halogens is 2. The summed E-state index contributed by atoms with van der Waals surface area (Å²) in [7, 11) is 0. The second-order valence-electron chi connectivity index (χ2n) is 4.04. The van der Waals surface area contributed by atoms with Gasteiger partial charge < -0.3 is 15.7 Å². The predicted octanol–water partition coefficient (Wildman–Crippen LogP) is 3.89. The predicted molar refractivity (Wildman–Crippen MR) is 85.1 cm³/mol. The summed E-state index contributed by atoms with van der Waals surface area (Å²) in [5.41, 5.74) is 7.21. The van der Waals surface area contributed by atoms with Gasteiger partial charge in [0.1, 0.15) is 12.4 Å². The summed E-state index contributed by atoms with van der Waals surface area (Å²) in [6, 6.07) is 13.2. The Hall–Kier alpha value is -1.53. The molecule has 6 heteroatoms. The standard InChI is InChI=1S/C14H12Br2N2O2/c15-10-3-1-2-9(6-10)8-20-13-5-4-11(16)7-12(13)14(17)18-19/h1-7,19H,8H2,(H2,17,18). The maximum atomic E-state index is 8.81. The van der Waals surface area contributed by atoms with Gasteiger partial charge in [0.2, 0.25) is 0 Å². The Balaban J connectivity index is 2.21. The van der Waals surface area contributed by atoms with Crippen LogP contribution in [0.3, 0.4) is 0 Å². The highest BCUT2D eigenvalue weighted by molar-refractivity contribution is 9.10. The smallest absolute Gasteiger partial charge is 0.173 e. The fourth-order valence-electron chi connectivity index (χ4n) is 1.67. The van der Waals surface area contributed by atoms with E-state index in [0.717, 1.165) is 14.5 Å².